The number of nitrogens with one attached hydrogen (secondary N) is 1. The molecule has 0 aliphatic carbocycles. The Kier molecular flexibility index (Phi) is 4.79. The molecule has 2 heterocycles. The van der Waals surface area contributed by atoms with Crippen LogP contribution in [0, 0.1) is 0 Å². The molecule has 1 unspecified atom stereocenters. The Morgan fingerprint density at radius 2 is 2.00 bits per heavy atom. The first-order valence-electron chi connectivity index (χ1n) is 8.10. The van der Waals surface area contributed by atoms with Gasteiger partial charge in [0.15, 0.2) is 0 Å². The van der Waals surface area contributed by atoms with Gasteiger partial charge in [0.25, 0.3) is 11.5 Å². The van der Waals surface area contributed by atoms with Gasteiger partial charge in [-0.15, -0.1) is 0 Å². The van der Waals surface area contributed by atoms with Crippen molar-refractivity contribution in [3.63, 3.8) is 0 Å². The number of nitrogens with zero attached hydrogens (tertiary/aromatic N) is 2. The SMILES string of the molecule is CCOc1ccc(C(C)NC(=O)c2cnc3ccccn3c2=O)cc1. The molecular weight excluding hydrogens is 318 g/mol. The van der Waals surface area contributed by atoms with Crippen molar-refractivity contribution in [2.24, 2.45) is 0 Å². The Morgan fingerprint density at radius 3 is 2.72 bits per heavy atom. The summed E-state index contributed by atoms with van der Waals surface area (Å²) in [4.78, 5) is 29.1. The van der Waals surface area contributed by atoms with Crippen molar-refractivity contribution in [1.82, 2.24) is 14.7 Å². The molecule has 0 aliphatic heterocycles. The predicted molar refractivity (Wildman–Crippen MR) is 95.0 cm³/mol. The van der Waals surface area contributed by atoms with E-state index in [-0.39, 0.29) is 17.2 Å². The number of hydrogen-bond acceptors (Lipinski definition) is 4. The van der Waals surface area contributed by atoms with Crippen LogP contribution in [-0.4, -0.2) is 21.9 Å². The molecule has 25 heavy (non-hydrogen) atoms. The number of carbonyl (C=O) groups excluding carboxylic acids is 1. The van der Waals surface area contributed by atoms with E-state index in [1.807, 2.05) is 38.1 Å². The van der Waals surface area contributed by atoms with Crippen molar-refractivity contribution in [2.45, 2.75) is 19.9 Å². The van der Waals surface area contributed by atoms with Crippen molar-refractivity contribution >= 4 is 11.6 Å². The molecule has 0 saturated heterocycles. The number of amides is 1. The van der Waals surface area contributed by atoms with E-state index in [4.69, 9.17) is 4.74 Å². The van der Waals surface area contributed by atoms with Gasteiger partial charge in [-0.2, -0.15) is 0 Å². The normalized spacial score (nSPS) is 11.9. The molecular formula is C19H19N3O3. The number of benzene rings is 1. The fourth-order valence-electron chi connectivity index (χ4n) is 2.56. The first-order valence-corrected chi connectivity index (χ1v) is 8.10. The van der Waals surface area contributed by atoms with Gasteiger partial charge in [-0.1, -0.05) is 18.2 Å². The molecule has 0 aliphatic rings. The second-order valence-electron chi connectivity index (χ2n) is 5.60. The fraction of sp³-hybridized carbons (Fsp3) is 0.211. The van der Waals surface area contributed by atoms with Gasteiger partial charge in [-0.3, -0.25) is 14.0 Å². The van der Waals surface area contributed by atoms with E-state index in [1.165, 1.54) is 10.6 Å². The summed E-state index contributed by atoms with van der Waals surface area (Å²) in [6.07, 6.45) is 2.91. The molecule has 1 amide bonds. The van der Waals surface area contributed by atoms with Crippen LogP contribution in [0.1, 0.15) is 35.8 Å². The molecule has 0 spiro atoms. The Morgan fingerprint density at radius 1 is 1.24 bits per heavy atom. The lowest BCUT2D eigenvalue weighted by atomic mass is 10.1. The average molecular weight is 337 g/mol. The molecule has 0 bridgehead atoms. The lowest BCUT2D eigenvalue weighted by molar-refractivity contribution is 0.0938. The van der Waals surface area contributed by atoms with E-state index in [2.05, 4.69) is 10.3 Å². The van der Waals surface area contributed by atoms with Crippen LogP contribution in [-0.2, 0) is 0 Å². The van der Waals surface area contributed by atoms with Crippen LogP contribution < -0.4 is 15.6 Å². The average Bonchev–Trinajstić information content (AvgIpc) is 2.63. The summed E-state index contributed by atoms with van der Waals surface area (Å²) in [6, 6.07) is 12.5. The topological polar surface area (TPSA) is 72.7 Å². The third kappa shape index (κ3) is 3.52. The summed E-state index contributed by atoms with van der Waals surface area (Å²) in [5.41, 5.74) is 1.05. The highest BCUT2D eigenvalue weighted by molar-refractivity contribution is 5.94. The second-order valence-corrected chi connectivity index (χ2v) is 5.60. The summed E-state index contributed by atoms with van der Waals surface area (Å²) < 4.78 is 6.77. The first-order chi connectivity index (χ1) is 12.1. The molecule has 1 atom stereocenters. The minimum Gasteiger partial charge on any atom is -0.494 e. The number of rotatable bonds is 5. The molecule has 0 saturated carbocycles. The zero-order valence-electron chi connectivity index (χ0n) is 14.1. The highest BCUT2D eigenvalue weighted by Gasteiger charge is 2.16. The Bertz CT molecular complexity index is 948. The number of ether oxygens (including phenoxy) is 1. The number of aromatic nitrogens is 2. The zero-order chi connectivity index (χ0) is 17.8. The van der Waals surface area contributed by atoms with Crippen molar-refractivity contribution in [3.8, 4) is 5.75 Å². The molecule has 1 N–H and O–H groups in total. The first kappa shape index (κ1) is 16.7. The quantitative estimate of drug-likeness (QED) is 0.777. The minimum absolute atomic E-state index is 0.0153. The third-order valence-corrected chi connectivity index (χ3v) is 3.90. The van der Waals surface area contributed by atoms with E-state index in [0.717, 1.165) is 11.3 Å². The van der Waals surface area contributed by atoms with Gasteiger partial charge < -0.3 is 10.1 Å². The summed E-state index contributed by atoms with van der Waals surface area (Å²) in [5.74, 6) is 0.332. The lowest BCUT2D eigenvalue weighted by Crippen LogP contribution is -2.33. The molecule has 3 aromatic rings. The maximum Gasteiger partial charge on any atom is 0.270 e. The van der Waals surface area contributed by atoms with Gasteiger partial charge in [-0.05, 0) is 43.7 Å². The number of hydrogen-bond donors (Lipinski definition) is 1. The smallest absolute Gasteiger partial charge is 0.270 e. The van der Waals surface area contributed by atoms with Crippen LogP contribution in [0.2, 0.25) is 0 Å². The maximum atomic E-state index is 12.5. The third-order valence-electron chi connectivity index (χ3n) is 3.90. The van der Waals surface area contributed by atoms with E-state index in [9.17, 15) is 9.59 Å². The summed E-state index contributed by atoms with van der Waals surface area (Å²) in [7, 11) is 0. The van der Waals surface area contributed by atoms with Crippen LogP contribution in [0.4, 0.5) is 0 Å². The van der Waals surface area contributed by atoms with Crippen LogP contribution in [0.15, 0.2) is 59.7 Å². The Labute approximate surface area is 145 Å². The maximum absolute atomic E-state index is 12.5. The van der Waals surface area contributed by atoms with Gasteiger partial charge in [-0.25, -0.2) is 4.98 Å². The molecule has 6 nitrogen and oxygen atoms in total. The van der Waals surface area contributed by atoms with Gasteiger partial charge in [0, 0.05) is 12.4 Å². The standard InChI is InChI=1S/C19H19N3O3/c1-3-25-15-9-7-14(8-10-15)13(2)21-18(23)16-12-20-17-6-4-5-11-22(17)19(16)24/h4-13H,3H2,1-2H3,(H,21,23). The number of pyridine rings is 1. The summed E-state index contributed by atoms with van der Waals surface area (Å²) >= 11 is 0. The van der Waals surface area contributed by atoms with Crippen LogP contribution in [0.3, 0.4) is 0 Å². The second kappa shape index (κ2) is 7.17. The fourth-order valence-corrected chi connectivity index (χ4v) is 2.56. The molecule has 3 rings (SSSR count). The van der Waals surface area contributed by atoms with Crippen molar-refractivity contribution in [3.05, 3.63) is 76.3 Å². The zero-order valence-corrected chi connectivity index (χ0v) is 14.1. The largest absolute Gasteiger partial charge is 0.494 e. The molecule has 0 fully saturated rings. The predicted octanol–water partition coefficient (Wildman–Crippen LogP) is 2.58. The summed E-state index contributed by atoms with van der Waals surface area (Å²) in [5, 5.41) is 2.84. The van der Waals surface area contributed by atoms with E-state index in [0.29, 0.717) is 12.3 Å². The number of fused-ring (bicyclic) bond motifs is 1. The van der Waals surface area contributed by atoms with Crippen molar-refractivity contribution in [1.29, 1.82) is 0 Å². The monoisotopic (exact) mass is 337 g/mol. The van der Waals surface area contributed by atoms with E-state index >= 15 is 0 Å². The van der Waals surface area contributed by atoms with Gasteiger partial charge in [0.1, 0.15) is 17.0 Å². The number of carbonyl (C=O) groups is 1. The molecule has 1 aromatic carbocycles. The Hall–Kier alpha value is -3.15. The molecule has 6 heteroatoms. The van der Waals surface area contributed by atoms with Gasteiger partial charge in [0.05, 0.1) is 12.6 Å². The lowest BCUT2D eigenvalue weighted by Gasteiger charge is -2.15. The van der Waals surface area contributed by atoms with Crippen LogP contribution in [0.25, 0.3) is 5.65 Å². The van der Waals surface area contributed by atoms with Gasteiger partial charge >= 0.3 is 0 Å². The minimum atomic E-state index is -0.447. The van der Waals surface area contributed by atoms with Gasteiger partial charge in [0.2, 0.25) is 0 Å². The highest BCUT2D eigenvalue weighted by atomic mass is 16.5. The van der Waals surface area contributed by atoms with E-state index in [1.54, 1.807) is 24.4 Å². The van der Waals surface area contributed by atoms with E-state index < -0.39 is 5.91 Å². The molecule has 2 aromatic heterocycles. The van der Waals surface area contributed by atoms with Crippen LogP contribution in [0.5, 0.6) is 5.75 Å². The molecule has 128 valence electrons. The molecule has 0 radical (unpaired) electrons. The van der Waals surface area contributed by atoms with Crippen molar-refractivity contribution in [2.75, 3.05) is 6.61 Å². The highest BCUT2D eigenvalue weighted by Crippen LogP contribution is 2.17. The Balaban J connectivity index is 1.79. The van der Waals surface area contributed by atoms with Crippen molar-refractivity contribution < 1.29 is 9.53 Å². The summed E-state index contributed by atoms with van der Waals surface area (Å²) in [6.45, 7) is 4.39. The van der Waals surface area contributed by atoms with Crippen LogP contribution >= 0.6 is 0 Å².